The maximum absolute atomic E-state index is 10.2. The van der Waals surface area contributed by atoms with Crippen molar-refractivity contribution in [3.05, 3.63) is 78.0 Å². The molecule has 6 rings (SSSR count). The van der Waals surface area contributed by atoms with Crippen molar-refractivity contribution in [1.82, 2.24) is 14.5 Å². The summed E-state index contributed by atoms with van der Waals surface area (Å²) in [7, 11) is 0. The maximum Gasteiger partial charge on any atom is 0.167 e. The van der Waals surface area contributed by atoms with E-state index in [0.29, 0.717) is 19.6 Å². The number of aliphatic hydroxyl groups is 1. The lowest BCUT2D eigenvalue weighted by molar-refractivity contribution is -0.0738. The van der Waals surface area contributed by atoms with Crippen LogP contribution in [0.3, 0.4) is 0 Å². The molecule has 33 heavy (non-hydrogen) atoms. The van der Waals surface area contributed by atoms with Crippen molar-refractivity contribution in [1.29, 1.82) is 0 Å². The fraction of sp³-hybridized carbons (Fsp3) is 0.259. The molecule has 6 nitrogen and oxygen atoms in total. The minimum atomic E-state index is -0.685. The van der Waals surface area contributed by atoms with Gasteiger partial charge in [0.2, 0.25) is 0 Å². The normalized spacial score (nSPS) is 23.3. The van der Waals surface area contributed by atoms with Crippen molar-refractivity contribution in [2.75, 3.05) is 0 Å². The summed E-state index contributed by atoms with van der Waals surface area (Å²) in [5.41, 5.74) is 12.1. The van der Waals surface area contributed by atoms with Crippen molar-refractivity contribution in [2.24, 2.45) is 5.73 Å². The second-order valence-electron chi connectivity index (χ2n) is 9.58. The first-order chi connectivity index (χ1) is 15.8. The Morgan fingerprint density at radius 1 is 0.909 bits per heavy atom. The van der Waals surface area contributed by atoms with Crippen molar-refractivity contribution >= 4 is 0 Å². The molecule has 0 radical (unpaired) electrons. The molecule has 2 aliphatic rings. The van der Waals surface area contributed by atoms with Crippen molar-refractivity contribution in [3.8, 4) is 39.8 Å². The summed E-state index contributed by atoms with van der Waals surface area (Å²) in [5, 5.41) is 10.2. The Bertz CT molecular complexity index is 1350. The lowest BCUT2D eigenvalue weighted by Gasteiger charge is -2.49. The van der Waals surface area contributed by atoms with Gasteiger partial charge < -0.3 is 15.6 Å². The Hall–Kier alpha value is -3.48. The van der Waals surface area contributed by atoms with Crippen LogP contribution in [0.2, 0.25) is 0 Å². The molecule has 0 saturated heterocycles. The van der Waals surface area contributed by atoms with Crippen molar-refractivity contribution < 1.29 is 9.84 Å². The van der Waals surface area contributed by atoms with Crippen LogP contribution in [0.5, 0.6) is 5.75 Å². The number of rotatable bonds is 3. The second-order valence-corrected chi connectivity index (χ2v) is 9.58. The van der Waals surface area contributed by atoms with E-state index in [4.69, 9.17) is 20.4 Å². The smallest absolute Gasteiger partial charge is 0.167 e. The number of benzene rings is 2. The van der Waals surface area contributed by atoms with E-state index in [1.54, 1.807) is 0 Å². The number of hydrogen-bond acceptors (Lipinski definition) is 5. The van der Waals surface area contributed by atoms with Gasteiger partial charge in [-0.25, -0.2) is 9.97 Å². The summed E-state index contributed by atoms with van der Waals surface area (Å²) in [4.78, 5) is 9.81. The summed E-state index contributed by atoms with van der Waals surface area (Å²) in [5.74, 6) is 1.56. The lowest BCUT2D eigenvalue weighted by atomic mass is 9.63. The third-order valence-electron chi connectivity index (χ3n) is 6.70. The van der Waals surface area contributed by atoms with E-state index in [2.05, 4.69) is 41.0 Å². The minimum Gasteiger partial charge on any atom is -0.470 e. The van der Waals surface area contributed by atoms with Gasteiger partial charge in [-0.2, -0.15) is 0 Å². The number of fused-ring (bicyclic) bond motifs is 3. The molecular weight excluding hydrogens is 412 g/mol. The first kappa shape index (κ1) is 20.1. The number of ether oxygens (including phenoxy) is 1. The summed E-state index contributed by atoms with van der Waals surface area (Å²) in [6.45, 7) is 4.19. The van der Waals surface area contributed by atoms with Gasteiger partial charge in [-0.3, -0.25) is 4.57 Å². The van der Waals surface area contributed by atoms with E-state index < -0.39 is 11.1 Å². The Balaban J connectivity index is 1.49. The molecule has 0 amide bonds. The number of pyridine rings is 1. The Kier molecular flexibility index (Phi) is 4.28. The molecular formula is C27H26N4O2. The maximum atomic E-state index is 10.2. The summed E-state index contributed by atoms with van der Waals surface area (Å²) in [6, 6.07) is 22.4. The molecule has 6 heteroatoms. The van der Waals surface area contributed by atoms with Crippen LogP contribution in [0.4, 0.5) is 0 Å². The number of nitrogens with zero attached hydrogens (tertiary/aromatic N) is 3. The van der Waals surface area contributed by atoms with E-state index in [9.17, 15) is 5.11 Å². The predicted molar refractivity (Wildman–Crippen MR) is 127 cm³/mol. The molecule has 0 spiro atoms. The topological polar surface area (TPSA) is 86.2 Å². The van der Waals surface area contributed by atoms with Crippen LogP contribution >= 0.6 is 0 Å². The molecule has 0 bridgehead atoms. The fourth-order valence-corrected chi connectivity index (χ4v) is 5.28. The lowest BCUT2D eigenvalue weighted by Crippen LogP contribution is -2.58. The molecule has 166 valence electrons. The summed E-state index contributed by atoms with van der Waals surface area (Å²) in [6.07, 6.45) is 1.12. The van der Waals surface area contributed by atoms with Crippen LogP contribution in [-0.4, -0.2) is 25.2 Å². The van der Waals surface area contributed by atoms with E-state index >= 15 is 0 Å². The van der Waals surface area contributed by atoms with Crippen LogP contribution in [0.15, 0.2) is 66.7 Å². The number of aromatic nitrogens is 3. The highest BCUT2D eigenvalue weighted by molar-refractivity contribution is 5.83. The zero-order valence-corrected chi connectivity index (χ0v) is 18.7. The highest BCUT2D eigenvalue weighted by Gasteiger charge is 2.49. The van der Waals surface area contributed by atoms with Crippen LogP contribution in [0.1, 0.15) is 31.0 Å². The van der Waals surface area contributed by atoms with Gasteiger partial charge in [-0.15, -0.1) is 0 Å². The zero-order valence-electron chi connectivity index (χ0n) is 18.7. The Labute approximate surface area is 192 Å². The average molecular weight is 439 g/mol. The van der Waals surface area contributed by atoms with E-state index in [1.165, 1.54) is 0 Å². The van der Waals surface area contributed by atoms with Gasteiger partial charge in [0, 0.05) is 22.4 Å². The molecule has 1 fully saturated rings. The van der Waals surface area contributed by atoms with Crippen molar-refractivity contribution in [2.45, 2.75) is 44.6 Å². The van der Waals surface area contributed by atoms with Crippen LogP contribution < -0.4 is 10.5 Å². The Morgan fingerprint density at radius 3 is 2.33 bits per heavy atom. The van der Waals surface area contributed by atoms with E-state index in [0.717, 1.165) is 51.0 Å². The van der Waals surface area contributed by atoms with Gasteiger partial charge in [0.15, 0.2) is 18.3 Å². The first-order valence-corrected chi connectivity index (χ1v) is 11.2. The molecule has 3 N–H and O–H groups in total. The highest BCUT2D eigenvalue weighted by Crippen LogP contribution is 2.47. The monoisotopic (exact) mass is 438 g/mol. The second kappa shape index (κ2) is 7.01. The molecule has 3 heterocycles. The average Bonchev–Trinajstić information content (AvgIpc) is 3.18. The van der Waals surface area contributed by atoms with Gasteiger partial charge in [0.25, 0.3) is 0 Å². The zero-order chi connectivity index (χ0) is 22.8. The molecule has 4 aromatic rings. The van der Waals surface area contributed by atoms with Gasteiger partial charge in [0.05, 0.1) is 17.0 Å². The summed E-state index contributed by atoms with van der Waals surface area (Å²) < 4.78 is 8.14. The van der Waals surface area contributed by atoms with Gasteiger partial charge in [-0.1, -0.05) is 54.6 Å². The largest absolute Gasteiger partial charge is 0.470 e. The van der Waals surface area contributed by atoms with Gasteiger partial charge in [0.1, 0.15) is 5.69 Å². The third kappa shape index (κ3) is 3.25. The van der Waals surface area contributed by atoms with Crippen LogP contribution in [0.25, 0.3) is 34.0 Å². The van der Waals surface area contributed by atoms with Gasteiger partial charge >= 0.3 is 0 Å². The molecule has 1 saturated carbocycles. The highest BCUT2D eigenvalue weighted by atomic mass is 16.5. The number of hydrogen-bond donors (Lipinski definition) is 2. The molecule has 0 unspecified atom stereocenters. The summed E-state index contributed by atoms with van der Waals surface area (Å²) >= 11 is 0. The number of imidazole rings is 1. The predicted octanol–water partition coefficient (Wildman–Crippen LogP) is 4.64. The minimum absolute atomic E-state index is 0.378. The number of aryl methyl sites for hydroxylation is 1. The van der Waals surface area contributed by atoms with Gasteiger partial charge in [-0.05, 0) is 44.4 Å². The molecule has 2 aromatic carbocycles. The van der Waals surface area contributed by atoms with Crippen LogP contribution in [0, 0.1) is 6.92 Å². The standard InChI is InChI=1S/C27H26N4O2/c1-17-8-13-21-23(29-17)25-30-22(24(31(25)16-33-21)19-6-4-3-5-7-19)18-9-11-20(12-10-18)27(28)14-26(2,32)15-27/h3-13,32H,14-16,28H2,1-2H3. The third-order valence-corrected chi connectivity index (χ3v) is 6.70. The fourth-order valence-electron chi connectivity index (χ4n) is 5.28. The molecule has 2 aromatic heterocycles. The van der Waals surface area contributed by atoms with E-state index in [1.807, 2.05) is 44.2 Å². The Morgan fingerprint density at radius 2 is 1.64 bits per heavy atom. The molecule has 0 atom stereocenters. The number of nitrogens with two attached hydrogens (primary N) is 1. The SMILES string of the molecule is Cc1ccc2c(n1)-c1nc(-c3ccc(C4(N)CC(C)(O)C4)cc3)c(-c3ccccc3)n1CO2. The molecule has 1 aliphatic heterocycles. The first-order valence-electron chi connectivity index (χ1n) is 11.2. The van der Waals surface area contributed by atoms with Crippen molar-refractivity contribution in [3.63, 3.8) is 0 Å². The van der Waals surface area contributed by atoms with Crippen LogP contribution in [-0.2, 0) is 12.3 Å². The quantitative estimate of drug-likeness (QED) is 0.487. The molecule has 1 aliphatic carbocycles. The van der Waals surface area contributed by atoms with E-state index in [-0.39, 0.29) is 0 Å².